The van der Waals surface area contributed by atoms with E-state index < -0.39 is 0 Å². The number of rotatable bonds is 5. The monoisotopic (exact) mass is 368 g/mol. The van der Waals surface area contributed by atoms with Crippen molar-refractivity contribution in [2.75, 3.05) is 6.54 Å². The third-order valence-corrected chi connectivity index (χ3v) is 6.27. The molecule has 0 saturated heterocycles. The highest BCUT2D eigenvalue weighted by atomic mass is 32.2. The molecular formula is C21H24N2O2S. The van der Waals surface area contributed by atoms with Crippen LogP contribution in [-0.4, -0.2) is 12.5 Å². The van der Waals surface area contributed by atoms with Crippen molar-refractivity contribution in [1.82, 2.24) is 5.32 Å². The Balaban J connectivity index is 1.54. The highest BCUT2D eigenvalue weighted by molar-refractivity contribution is 7.99. The van der Waals surface area contributed by atoms with E-state index in [1.165, 1.54) is 16.0 Å². The first-order chi connectivity index (χ1) is 12.6. The van der Waals surface area contributed by atoms with E-state index in [0.29, 0.717) is 18.2 Å². The zero-order valence-corrected chi connectivity index (χ0v) is 16.1. The van der Waals surface area contributed by atoms with Crippen LogP contribution < -0.4 is 5.32 Å². The van der Waals surface area contributed by atoms with Gasteiger partial charge in [-0.05, 0) is 68.7 Å². The van der Waals surface area contributed by atoms with E-state index in [0.717, 1.165) is 30.8 Å². The van der Waals surface area contributed by atoms with Crippen molar-refractivity contribution >= 4 is 17.7 Å². The molecule has 1 aromatic heterocycles. The van der Waals surface area contributed by atoms with Gasteiger partial charge >= 0.3 is 0 Å². The number of carbonyl (C=O) groups is 1. The summed E-state index contributed by atoms with van der Waals surface area (Å²) in [6.07, 6.45) is 3.89. The smallest absolute Gasteiger partial charge is 0.287 e. The van der Waals surface area contributed by atoms with Gasteiger partial charge in [-0.2, -0.15) is 5.26 Å². The van der Waals surface area contributed by atoms with Crippen LogP contribution >= 0.6 is 11.8 Å². The van der Waals surface area contributed by atoms with E-state index in [2.05, 4.69) is 37.4 Å². The summed E-state index contributed by atoms with van der Waals surface area (Å²) in [5, 5.41) is 12.7. The first-order valence-corrected chi connectivity index (χ1v) is 9.90. The molecule has 1 amide bonds. The summed E-state index contributed by atoms with van der Waals surface area (Å²) in [6, 6.07) is 12.1. The molecule has 0 bridgehead atoms. The Labute approximate surface area is 159 Å². The topological polar surface area (TPSA) is 66.0 Å². The van der Waals surface area contributed by atoms with Gasteiger partial charge in [0.15, 0.2) is 10.9 Å². The molecule has 1 saturated carbocycles. The second-order valence-electron chi connectivity index (χ2n) is 7.00. The van der Waals surface area contributed by atoms with Crippen molar-refractivity contribution in [1.29, 1.82) is 5.26 Å². The summed E-state index contributed by atoms with van der Waals surface area (Å²) in [5.41, 5.74) is 2.40. The number of hydrogen-bond donors (Lipinski definition) is 1. The maximum absolute atomic E-state index is 12.3. The standard InChI is InChI=1S/C21H24N2O2S/c1-14-4-3-5-15(2)20(14)26-19-11-10-18(25-19)21(24)23-13-17-8-6-16(12-22)7-9-17/h3-5,10-11,16-17H,6-9,13H2,1-2H3,(H,23,24). The number of carbonyl (C=O) groups excluding carboxylic acids is 1. The van der Waals surface area contributed by atoms with Crippen LogP contribution in [0.15, 0.2) is 44.7 Å². The van der Waals surface area contributed by atoms with Crippen molar-refractivity contribution in [3.8, 4) is 6.07 Å². The first-order valence-electron chi connectivity index (χ1n) is 9.08. The minimum atomic E-state index is -0.166. The van der Waals surface area contributed by atoms with Crippen LogP contribution in [0.1, 0.15) is 47.4 Å². The fraction of sp³-hybridized carbons (Fsp3) is 0.429. The van der Waals surface area contributed by atoms with Gasteiger partial charge in [-0.3, -0.25) is 4.79 Å². The summed E-state index contributed by atoms with van der Waals surface area (Å²) in [6.45, 7) is 4.80. The Morgan fingerprint density at radius 3 is 2.54 bits per heavy atom. The maximum Gasteiger partial charge on any atom is 0.287 e. The van der Waals surface area contributed by atoms with E-state index >= 15 is 0 Å². The van der Waals surface area contributed by atoms with Crippen molar-refractivity contribution in [2.45, 2.75) is 49.5 Å². The van der Waals surface area contributed by atoms with Crippen molar-refractivity contribution in [2.24, 2.45) is 11.8 Å². The van der Waals surface area contributed by atoms with Gasteiger partial charge in [0, 0.05) is 17.4 Å². The third-order valence-electron chi connectivity index (χ3n) is 5.00. The molecule has 0 aliphatic heterocycles. The lowest BCUT2D eigenvalue weighted by Crippen LogP contribution is -2.30. The van der Waals surface area contributed by atoms with E-state index in [4.69, 9.17) is 9.68 Å². The quantitative estimate of drug-likeness (QED) is 0.796. The normalized spacial score (nSPS) is 19.7. The van der Waals surface area contributed by atoms with Crippen molar-refractivity contribution in [3.05, 3.63) is 47.2 Å². The lowest BCUT2D eigenvalue weighted by Gasteiger charge is -2.24. The predicted octanol–water partition coefficient (Wildman–Crippen LogP) is 5.11. The number of aryl methyl sites for hydroxylation is 2. The van der Waals surface area contributed by atoms with Crippen LogP contribution in [0.4, 0.5) is 0 Å². The fourth-order valence-corrected chi connectivity index (χ4v) is 4.30. The van der Waals surface area contributed by atoms with Gasteiger partial charge in [-0.15, -0.1) is 0 Å². The van der Waals surface area contributed by atoms with Crippen LogP contribution in [0.3, 0.4) is 0 Å². The number of nitrogens with one attached hydrogen (secondary N) is 1. The first kappa shape index (κ1) is 18.6. The molecule has 1 N–H and O–H groups in total. The Morgan fingerprint density at radius 2 is 1.88 bits per heavy atom. The van der Waals surface area contributed by atoms with Gasteiger partial charge in [-0.1, -0.05) is 30.0 Å². The molecule has 0 spiro atoms. The minimum absolute atomic E-state index is 0.166. The Kier molecular flexibility index (Phi) is 6.05. The zero-order chi connectivity index (χ0) is 18.5. The number of benzene rings is 1. The number of furan rings is 1. The highest BCUT2D eigenvalue weighted by Gasteiger charge is 2.22. The SMILES string of the molecule is Cc1cccc(C)c1Sc1ccc(C(=O)NCC2CCC(C#N)CC2)o1. The number of hydrogen-bond acceptors (Lipinski definition) is 4. The molecule has 0 atom stereocenters. The van der Waals surface area contributed by atoms with Gasteiger partial charge in [0.1, 0.15) is 0 Å². The molecule has 136 valence electrons. The molecule has 3 rings (SSSR count). The average Bonchev–Trinajstić information content (AvgIpc) is 3.12. The van der Waals surface area contributed by atoms with Crippen LogP contribution in [0.25, 0.3) is 0 Å². The molecule has 26 heavy (non-hydrogen) atoms. The minimum Gasteiger partial charge on any atom is -0.444 e. The molecule has 1 aliphatic rings. The number of amides is 1. The summed E-state index contributed by atoms with van der Waals surface area (Å²) < 4.78 is 5.74. The van der Waals surface area contributed by atoms with Crippen LogP contribution in [0, 0.1) is 37.0 Å². The number of nitriles is 1. The molecular weight excluding hydrogens is 344 g/mol. The van der Waals surface area contributed by atoms with Crippen molar-refractivity contribution < 1.29 is 9.21 Å². The van der Waals surface area contributed by atoms with Crippen LogP contribution in [0.5, 0.6) is 0 Å². The second kappa shape index (κ2) is 8.46. The van der Waals surface area contributed by atoms with Crippen molar-refractivity contribution in [3.63, 3.8) is 0 Å². The molecule has 0 unspecified atom stereocenters. The molecule has 1 aliphatic carbocycles. The van der Waals surface area contributed by atoms with E-state index in [9.17, 15) is 4.79 Å². The third kappa shape index (κ3) is 4.50. The highest BCUT2D eigenvalue weighted by Crippen LogP contribution is 2.34. The maximum atomic E-state index is 12.3. The average molecular weight is 369 g/mol. The lowest BCUT2D eigenvalue weighted by atomic mass is 9.83. The summed E-state index contributed by atoms with van der Waals surface area (Å²) in [4.78, 5) is 13.5. The lowest BCUT2D eigenvalue weighted by molar-refractivity contribution is 0.0909. The molecule has 1 fully saturated rings. The van der Waals surface area contributed by atoms with E-state index in [-0.39, 0.29) is 11.8 Å². The molecule has 5 heteroatoms. The van der Waals surface area contributed by atoms with Gasteiger partial charge in [-0.25, -0.2) is 0 Å². The Morgan fingerprint density at radius 1 is 1.19 bits per heavy atom. The van der Waals surface area contributed by atoms with Gasteiger partial charge in [0.2, 0.25) is 0 Å². The van der Waals surface area contributed by atoms with Gasteiger partial charge < -0.3 is 9.73 Å². The summed E-state index contributed by atoms with van der Waals surface area (Å²) in [5.74, 6) is 0.837. The number of nitrogens with zero attached hydrogens (tertiary/aromatic N) is 1. The van der Waals surface area contributed by atoms with Gasteiger partial charge in [0.05, 0.1) is 6.07 Å². The largest absolute Gasteiger partial charge is 0.444 e. The molecule has 4 nitrogen and oxygen atoms in total. The zero-order valence-electron chi connectivity index (χ0n) is 15.2. The molecule has 1 heterocycles. The molecule has 0 radical (unpaired) electrons. The van der Waals surface area contributed by atoms with Crippen LogP contribution in [0.2, 0.25) is 0 Å². The Bertz CT molecular complexity index is 793. The summed E-state index contributed by atoms with van der Waals surface area (Å²) >= 11 is 1.55. The summed E-state index contributed by atoms with van der Waals surface area (Å²) in [7, 11) is 0. The predicted molar refractivity (Wildman–Crippen MR) is 102 cm³/mol. The van der Waals surface area contributed by atoms with Crippen LogP contribution in [-0.2, 0) is 0 Å². The second-order valence-corrected chi connectivity index (χ2v) is 8.01. The van der Waals surface area contributed by atoms with E-state index in [1.54, 1.807) is 17.8 Å². The van der Waals surface area contributed by atoms with Gasteiger partial charge in [0.25, 0.3) is 5.91 Å². The van der Waals surface area contributed by atoms with E-state index in [1.807, 2.05) is 12.1 Å². The fourth-order valence-electron chi connectivity index (χ4n) is 3.38. The molecule has 2 aromatic rings. The Hall–Kier alpha value is -2.19. The molecule has 1 aromatic carbocycles.